The van der Waals surface area contributed by atoms with Gasteiger partial charge in [0.25, 0.3) is 0 Å². The Hall–Kier alpha value is -4.37. The highest BCUT2D eigenvalue weighted by Gasteiger charge is 2.19. The van der Waals surface area contributed by atoms with Crippen LogP contribution in [0.2, 0.25) is 0 Å². The van der Waals surface area contributed by atoms with Crippen LogP contribution in [0.5, 0.6) is 0 Å². The largest absolute Gasteiger partial charge is 0.355 e. The molecule has 0 amide bonds. The van der Waals surface area contributed by atoms with Gasteiger partial charge in [-0.1, -0.05) is 84.9 Å². The molecular formula is C29H20N2O. The third kappa shape index (κ3) is 3.03. The van der Waals surface area contributed by atoms with Gasteiger partial charge in [0.1, 0.15) is 0 Å². The van der Waals surface area contributed by atoms with Crippen LogP contribution >= 0.6 is 0 Å². The average Bonchev–Trinajstić information content (AvgIpc) is 3.48. The van der Waals surface area contributed by atoms with Crippen LogP contribution in [0.15, 0.2) is 109 Å². The summed E-state index contributed by atoms with van der Waals surface area (Å²) in [6, 6.07) is 36.1. The number of hydrogen-bond acceptors (Lipinski definition) is 1. The molecule has 0 saturated carbocycles. The quantitative estimate of drug-likeness (QED) is 0.295. The van der Waals surface area contributed by atoms with E-state index in [-0.39, 0.29) is 5.78 Å². The lowest BCUT2D eigenvalue weighted by Gasteiger charge is -2.11. The summed E-state index contributed by atoms with van der Waals surface area (Å²) in [5, 5.41) is 2.26. The Morgan fingerprint density at radius 2 is 0.906 bits per heavy atom. The minimum absolute atomic E-state index is 0.00788. The van der Waals surface area contributed by atoms with Crippen LogP contribution in [0.25, 0.3) is 44.3 Å². The number of carbonyl (C=O) groups excluding carboxylic acids is 1. The van der Waals surface area contributed by atoms with E-state index in [1.54, 1.807) is 0 Å². The minimum Gasteiger partial charge on any atom is -0.355 e. The maximum absolute atomic E-state index is 13.8. The van der Waals surface area contributed by atoms with Crippen LogP contribution < -0.4 is 0 Å². The van der Waals surface area contributed by atoms with Crippen molar-refractivity contribution in [1.82, 2.24) is 9.97 Å². The normalized spacial score (nSPS) is 11.2. The topological polar surface area (TPSA) is 48.6 Å². The number of H-pyrrole nitrogens is 2. The van der Waals surface area contributed by atoms with Crippen molar-refractivity contribution < 1.29 is 4.79 Å². The summed E-state index contributed by atoms with van der Waals surface area (Å²) in [6.45, 7) is 0. The molecule has 2 N–H and O–H groups in total. The smallest absolute Gasteiger partial charge is 0.194 e. The monoisotopic (exact) mass is 412 g/mol. The van der Waals surface area contributed by atoms with Gasteiger partial charge in [0.2, 0.25) is 0 Å². The van der Waals surface area contributed by atoms with Gasteiger partial charge < -0.3 is 9.97 Å². The molecule has 0 aliphatic heterocycles. The molecule has 0 radical (unpaired) electrons. The molecule has 32 heavy (non-hydrogen) atoms. The highest BCUT2D eigenvalue weighted by Crippen LogP contribution is 2.32. The standard InChI is InChI=1S/C29H20N2O/c32-29(23-13-5-3-11-21(23)27-17-19-9-1-7-15-25(19)30-27)24-14-6-4-12-22(24)28-18-20-10-2-8-16-26(20)31-28/h1-18,30-31H. The number of aromatic nitrogens is 2. The zero-order chi connectivity index (χ0) is 21.5. The fourth-order valence-electron chi connectivity index (χ4n) is 4.41. The molecular weight excluding hydrogens is 392 g/mol. The Labute approximate surface area is 185 Å². The Bertz CT molecular complexity index is 1420. The molecule has 0 spiro atoms. The summed E-state index contributed by atoms with van der Waals surface area (Å²) in [6.07, 6.45) is 0. The zero-order valence-electron chi connectivity index (χ0n) is 17.3. The Kier molecular flexibility index (Phi) is 4.25. The third-order valence-electron chi connectivity index (χ3n) is 5.98. The van der Waals surface area contributed by atoms with Crippen molar-refractivity contribution in [3.05, 3.63) is 120 Å². The van der Waals surface area contributed by atoms with Crippen molar-refractivity contribution in [3.63, 3.8) is 0 Å². The predicted octanol–water partition coefficient (Wildman–Crippen LogP) is 7.21. The molecule has 0 bridgehead atoms. The SMILES string of the molecule is O=C(c1ccccc1-c1cc2ccccc2[nH]1)c1ccccc1-c1cc2ccccc2[nH]1. The molecule has 3 heteroatoms. The first-order valence-electron chi connectivity index (χ1n) is 10.7. The molecule has 2 heterocycles. The molecule has 0 saturated heterocycles. The van der Waals surface area contributed by atoms with Crippen LogP contribution in [-0.2, 0) is 0 Å². The number of rotatable bonds is 4. The maximum Gasteiger partial charge on any atom is 0.194 e. The fraction of sp³-hybridized carbons (Fsp3) is 0. The zero-order valence-corrected chi connectivity index (χ0v) is 17.3. The molecule has 0 fully saturated rings. The number of fused-ring (bicyclic) bond motifs is 2. The molecule has 2 aromatic heterocycles. The lowest BCUT2D eigenvalue weighted by molar-refractivity contribution is 0.104. The van der Waals surface area contributed by atoms with Crippen molar-refractivity contribution >= 4 is 27.6 Å². The van der Waals surface area contributed by atoms with Crippen LogP contribution in [0, 0.1) is 0 Å². The van der Waals surface area contributed by atoms with Gasteiger partial charge in [-0.3, -0.25) is 4.79 Å². The summed E-state index contributed by atoms with van der Waals surface area (Å²) in [5.41, 5.74) is 7.17. The first-order chi connectivity index (χ1) is 15.8. The number of benzene rings is 4. The van der Waals surface area contributed by atoms with Crippen LogP contribution in [0.4, 0.5) is 0 Å². The number of carbonyl (C=O) groups is 1. The molecule has 4 aromatic carbocycles. The highest BCUT2D eigenvalue weighted by molar-refractivity contribution is 6.16. The van der Waals surface area contributed by atoms with Crippen molar-refractivity contribution in [2.24, 2.45) is 0 Å². The number of hydrogen-bond donors (Lipinski definition) is 2. The van der Waals surface area contributed by atoms with Gasteiger partial charge in [-0.2, -0.15) is 0 Å². The number of nitrogens with one attached hydrogen (secondary N) is 2. The van der Waals surface area contributed by atoms with Crippen LogP contribution in [-0.4, -0.2) is 15.8 Å². The summed E-state index contributed by atoms with van der Waals surface area (Å²) in [4.78, 5) is 20.8. The van der Waals surface area contributed by atoms with E-state index in [4.69, 9.17) is 0 Å². The van der Waals surface area contributed by atoms with Crippen molar-refractivity contribution in [2.45, 2.75) is 0 Å². The maximum atomic E-state index is 13.8. The second kappa shape index (κ2) is 7.40. The Morgan fingerprint density at radius 3 is 1.38 bits per heavy atom. The molecule has 0 aliphatic carbocycles. The molecule has 6 rings (SSSR count). The van der Waals surface area contributed by atoms with Gasteiger partial charge in [0.15, 0.2) is 5.78 Å². The molecule has 0 atom stereocenters. The average molecular weight is 412 g/mol. The minimum atomic E-state index is 0.00788. The molecule has 0 unspecified atom stereocenters. The van der Waals surface area contributed by atoms with Gasteiger partial charge in [-0.15, -0.1) is 0 Å². The number of aromatic amines is 2. The van der Waals surface area contributed by atoms with E-state index in [1.165, 1.54) is 0 Å². The van der Waals surface area contributed by atoms with E-state index in [9.17, 15) is 4.79 Å². The summed E-state index contributed by atoms with van der Waals surface area (Å²) < 4.78 is 0. The highest BCUT2D eigenvalue weighted by atomic mass is 16.1. The second-order valence-corrected chi connectivity index (χ2v) is 7.96. The van der Waals surface area contributed by atoms with Gasteiger partial charge in [-0.05, 0) is 24.3 Å². The summed E-state index contributed by atoms with van der Waals surface area (Å²) in [5.74, 6) is 0.00788. The first-order valence-corrected chi connectivity index (χ1v) is 10.7. The van der Waals surface area contributed by atoms with E-state index < -0.39 is 0 Å². The number of ketones is 1. The van der Waals surface area contributed by atoms with Crippen molar-refractivity contribution in [1.29, 1.82) is 0 Å². The third-order valence-corrected chi connectivity index (χ3v) is 5.98. The fourth-order valence-corrected chi connectivity index (χ4v) is 4.41. The molecule has 152 valence electrons. The molecule has 6 aromatic rings. The van der Waals surface area contributed by atoms with E-state index in [2.05, 4.69) is 46.4 Å². The van der Waals surface area contributed by atoms with Crippen LogP contribution in [0.3, 0.4) is 0 Å². The van der Waals surface area contributed by atoms with Gasteiger partial charge in [0.05, 0.1) is 0 Å². The second-order valence-electron chi connectivity index (χ2n) is 7.96. The van der Waals surface area contributed by atoms with Crippen LogP contribution in [0.1, 0.15) is 15.9 Å². The van der Waals surface area contributed by atoms with Gasteiger partial charge in [-0.25, -0.2) is 0 Å². The van der Waals surface area contributed by atoms with E-state index in [1.807, 2.05) is 72.8 Å². The Morgan fingerprint density at radius 1 is 0.500 bits per heavy atom. The van der Waals surface area contributed by atoms with Crippen molar-refractivity contribution in [3.8, 4) is 22.5 Å². The Balaban J connectivity index is 1.48. The lowest BCUT2D eigenvalue weighted by atomic mass is 9.93. The van der Waals surface area contributed by atoms with Gasteiger partial charge in [0, 0.05) is 55.4 Å². The van der Waals surface area contributed by atoms with E-state index in [0.29, 0.717) is 11.1 Å². The predicted molar refractivity (Wildman–Crippen MR) is 131 cm³/mol. The van der Waals surface area contributed by atoms with E-state index in [0.717, 1.165) is 44.3 Å². The number of para-hydroxylation sites is 2. The summed E-state index contributed by atoms with van der Waals surface area (Å²) >= 11 is 0. The lowest BCUT2D eigenvalue weighted by Crippen LogP contribution is -2.05. The van der Waals surface area contributed by atoms with E-state index >= 15 is 0 Å². The first kappa shape index (κ1) is 18.4. The summed E-state index contributed by atoms with van der Waals surface area (Å²) in [7, 11) is 0. The molecule has 3 nitrogen and oxygen atoms in total. The molecule has 0 aliphatic rings. The van der Waals surface area contributed by atoms with Gasteiger partial charge >= 0.3 is 0 Å². The van der Waals surface area contributed by atoms with Crippen molar-refractivity contribution in [2.75, 3.05) is 0 Å².